The number of anilines is 1. The molecule has 226 valence electrons. The van der Waals surface area contributed by atoms with Crippen molar-refractivity contribution in [3.63, 3.8) is 0 Å². The molecular weight excluding hydrogens is 548 g/mol. The van der Waals surface area contributed by atoms with Gasteiger partial charge in [0.15, 0.2) is 5.60 Å². The molecule has 1 aliphatic carbocycles. The van der Waals surface area contributed by atoms with Crippen LogP contribution in [0.3, 0.4) is 0 Å². The Morgan fingerprint density at radius 1 is 1.26 bits per heavy atom. The van der Waals surface area contributed by atoms with E-state index in [0.29, 0.717) is 51.5 Å². The highest BCUT2D eigenvalue weighted by atomic mass is 16.6. The molecule has 11 heteroatoms. The van der Waals surface area contributed by atoms with Crippen molar-refractivity contribution in [2.45, 2.75) is 62.5 Å². The van der Waals surface area contributed by atoms with Gasteiger partial charge in [0.2, 0.25) is 11.7 Å². The van der Waals surface area contributed by atoms with Crippen molar-refractivity contribution in [2.24, 2.45) is 0 Å². The number of Topliss-reactive ketones (excluding diaryl/α,β-unsaturated/α-hetero) is 1. The van der Waals surface area contributed by atoms with E-state index in [1.807, 2.05) is 24.3 Å². The number of likely N-dealkylation sites (N-methyl/N-ethyl adjacent to an activating group) is 1. The Hall–Kier alpha value is -3.85. The average Bonchev–Trinajstić information content (AvgIpc) is 3.45. The van der Waals surface area contributed by atoms with Gasteiger partial charge >= 0.3 is 6.01 Å². The van der Waals surface area contributed by atoms with Crippen molar-refractivity contribution in [2.75, 3.05) is 51.8 Å². The normalized spacial score (nSPS) is 27.0. The van der Waals surface area contributed by atoms with E-state index in [9.17, 15) is 14.9 Å². The minimum atomic E-state index is -1.22. The zero-order valence-electron chi connectivity index (χ0n) is 24.8. The van der Waals surface area contributed by atoms with Gasteiger partial charge in [-0.15, -0.1) is 0 Å². The number of carbonyl (C=O) groups is 2. The van der Waals surface area contributed by atoms with Crippen molar-refractivity contribution < 1.29 is 23.8 Å². The first-order chi connectivity index (χ1) is 20.9. The number of benzene rings is 1. The first kappa shape index (κ1) is 29.2. The Bertz CT molecular complexity index is 1460. The van der Waals surface area contributed by atoms with Crippen LogP contribution in [-0.2, 0) is 27.3 Å². The van der Waals surface area contributed by atoms with Crippen LogP contribution in [0.5, 0.6) is 6.01 Å². The van der Waals surface area contributed by atoms with E-state index in [2.05, 4.69) is 29.5 Å². The van der Waals surface area contributed by atoms with Crippen LogP contribution in [0, 0.1) is 11.3 Å². The smallest absolute Gasteiger partial charge is 0.319 e. The molecule has 2 saturated heterocycles. The predicted octanol–water partition coefficient (Wildman–Crippen LogP) is 2.85. The minimum absolute atomic E-state index is 0.144. The summed E-state index contributed by atoms with van der Waals surface area (Å²) in [7, 11) is 3.69. The van der Waals surface area contributed by atoms with Gasteiger partial charge in [-0.05, 0) is 56.5 Å². The van der Waals surface area contributed by atoms with Gasteiger partial charge < -0.3 is 28.9 Å². The van der Waals surface area contributed by atoms with E-state index < -0.39 is 11.7 Å². The molecule has 4 heterocycles. The van der Waals surface area contributed by atoms with Crippen LogP contribution in [0.15, 0.2) is 36.9 Å². The van der Waals surface area contributed by atoms with E-state index in [0.717, 1.165) is 36.1 Å². The predicted molar refractivity (Wildman–Crippen MR) is 158 cm³/mol. The Balaban J connectivity index is 1.38. The molecule has 1 amide bonds. The topological polar surface area (TPSA) is 121 Å². The highest BCUT2D eigenvalue weighted by Crippen LogP contribution is 2.48. The Morgan fingerprint density at radius 2 is 2.09 bits per heavy atom. The van der Waals surface area contributed by atoms with Gasteiger partial charge in [0.05, 0.1) is 25.1 Å². The molecule has 2 fully saturated rings. The summed E-state index contributed by atoms with van der Waals surface area (Å²) in [5.74, 6) is 0.171. The molecule has 4 atom stereocenters. The SMILES string of the molecule is C=CC(=O)N1CCN(c2nc(OCC3CCCN3C)nc3c2CC[C@@]2(OCc4ccccc4C2OC)C3=O)CC1CC#N. The molecule has 3 aliphatic heterocycles. The summed E-state index contributed by atoms with van der Waals surface area (Å²) in [5, 5.41) is 9.52. The fraction of sp³-hybridized carbons (Fsp3) is 0.531. The minimum Gasteiger partial charge on any atom is -0.462 e. The number of methoxy groups -OCH3 is 1. The Labute approximate surface area is 252 Å². The molecule has 1 spiro atoms. The van der Waals surface area contributed by atoms with Crippen molar-refractivity contribution in [3.05, 3.63) is 59.3 Å². The van der Waals surface area contributed by atoms with Crippen LogP contribution in [0.1, 0.15) is 59.0 Å². The quantitative estimate of drug-likeness (QED) is 0.448. The van der Waals surface area contributed by atoms with E-state index in [1.165, 1.54) is 6.08 Å². The number of hydrogen-bond donors (Lipinski definition) is 0. The van der Waals surface area contributed by atoms with Crippen LogP contribution in [-0.4, -0.2) is 96.1 Å². The third kappa shape index (κ3) is 5.18. The zero-order valence-corrected chi connectivity index (χ0v) is 24.8. The molecule has 0 N–H and O–H groups in total. The van der Waals surface area contributed by atoms with Crippen LogP contribution >= 0.6 is 0 Å². The molecule has 0 radical (unpaired) electrons. The van der Waals surface area contributed by atoms with Gasteiger partial charge in [0.25, 0.3) is 0 Å². The lowest BCUT2D eigenvalue weighted by Gasteiger charge is -2.46. The highest BCUT2D eigenvalue weighted by molar-refractivity contribution is 6.05. The standard InChI is InChI=1S/C32H38N6O5/c1-4-26(39)38-17-16-37(18-22(38)12-14-33)30-25-11-13-32(29(41-3)24-10-6-5-8-21(24)19-43-32)28(40)27(25)34-31(35-30)42-20-23-9-7-15-36(23)2/h4-6,8,10,22-23,29H,1,7,9,11-13,15-20H2,2-3H3/t22?,23?,29?,32-/m1/s1. The van der Waals surface area contributed by atoms with E-state index >= 15 is 0 Å². The Kier molecular flexibility index (Phi) is 8.18. The fourth-order valence-electron chi connectivity index (χ4n) is 7.08. The number of carbonyl (C=O) groups excluding carboxylic acids is 2. The van der Waals surface area contributed by atoms with Crippen molar-refractivity contribution in [1.29, 1.82) is 5.26 Å². The summed E-state index contributed by atoms with van der Waals surface area (Å²) in [4.78, 5) is 42.7. The molecule has 0 saturated carbocycles. The van der Waals surface area contributed by atoms with Crippen LogP contribution in [0.2, 0.25) is 0 Å². The zero-order chi connectivity index (χ0) is 30.1. The largest absolute Gasteiger partial charge is 0.462 e. The van der Waals surface area contributed by atoms with Gasteiger partial charge in [-0.25, -0.2) is 0 Å². The summed E-state index contributed by atoms with van der Waals surface area (Å²) < 4.78 is 18.6. The molecule has 43 heavy (non-hydrogen) atoms. The summed E-state index contributed by atoms with van der Waals surface area (Å²) in [6, 6.07) is 10.2. The number of piperazine rings is 1. The third-order valence-corrected chi connectivity index (χ3v) is 9.44. The van der Waals surface area contributed by atoms with Gasteiger partial charge in [-0.3, -0.25) is 9.59 Å². The molecule has 1 aromatic heterocycles. The maximum absolute atomic E-state index is 14.5. The molecule has 4 aliphatic rings. The summed E-state index contributed by atoms with van der Waals surface area (Å²) in [6.45, 7) is 6.64. The van der Waals surface area contributed by atoms with Crippen LogP contribution < -0.4 is 9.64 Å². The summed E-state index contributed by atoms with van der Waals surface area (Å²) in [5.41, 5.74) is 1.75. The lowest BCUT2D eigenvalue weighted by atomic mass is 9.73. The molecule has 3 unspecified atom stereocenters. The second-order valence-corrected chi connectivity index (χ2v) is 11.8. The second kappa shape index (κ2) is 12.0. The molecule has 11 nitrogen and oxygen atoms in total. The Morgan fingerprint density at radius 3 is 2.84 bits per heavy atom. The monoisotopic (exact) mass is 586 g/mol. The number of ketones is 1. The first-order valence-corrected chi connectivity index (χ1v) is 15.0. The lowest BCUT2D eigenvalue weighted by Crippen LogP contribution is -2.56. The number of rotatable bonds is 7. The van der Waals surface area contributed by atoms with Gasteiger partial charge in [0, 0.05) is 38.3 Å². The van der Waals surface area contributed by atoms with Crippen LogP contribution in [0.25, 0.3) is 0 Å². The molecule has 2 aromatic rings. The van der Waals surface area contributed by atoms with E-state index in [4.69, 9.17) is 24.2 Å². The number of hydrogen-bond acceptors (Lipinski definition) is 10. The van der Waals surface area contributed by atoms with Crippen LogP contribution in [0.4, 0.5) is 5.82 Å². The van der Waals surface area contributed by atoms with E-state index in [-0.39, 0.29) is 41.9 Å². The molecule has 1 aromatic carbocycles. The first-order valence-electron chi connectivity index (χ1n) is 15.0. The maximum Gasteiger partial charge on any atom is 0.319 e. The van der Waals surface area contributed by atoms with Gasteiger partial charge in [-0.1, -0.05) is 30.8 Å². The van der Waals surface area contributed by atoms with Gasteiger partial charge in [-0.2, -0.15) is 15.2 Å². The number of nitrogens with zero attached hydrogens (tertiary/aromatic N) is 6. The second-order valence-electron chi connectivity index (χ2n) is 11.8. The van der Waals surface area contributed by atoms with Gasteiger partial charge in [0.1, 0.15) is 24.2 Å². The number of ether oxygens (including phenoxy) is 3. The van der Waals surface area contributed by atoms with Crippen molar-refractivity contribution in [3.8, 4) is 12.1 Å². The maximum atomic E-state index is 14.5. The van der Waals surface area contributed by atoms with Crippen molar-refractivity contribution in [1.82, 2.24) is 19.8 Å². The molecule has 6 rings (SSSR count). The summed E-state index contributed by atoms with van der Waals surface area (Å²) in [6.07, 6.45) is 3.91. The number of nitriles is 1. The van der Waals surface area contributed by atoms with Crippen molar-refractivity contribution >= 4 is 17.5 Å². The highest BCUT2D eigenvalue weighted by Gasteiger charge is 2.55. The molecule has 0 bridgehead atoms. The number of fused-ring (bicyclic) bond motifs is 2. The number of aromatic nitrogens is 2. The fourth-order valence-corrected chi connectivity index (χ4v) is 7.08. The lowest BCUT2D eigenvalue weighted by molar-refractivity contribution is -0.137. The van der Waals surface area contributed by atoms with E-state index in [1.54, 1.807) is 12.0 Å². The summed E-state index contributed by atoms with van der Waals surface area (Å²) >= 11 is 0. The molecular formula is C32H38N6O5. The average molecular weight is 587 g/mol. The number of likely N-dealkylation sites (tertiary alicyclic amines) is 1. The number of amides is 1. The third-order valence-electron chi connectivity index (χ3n) is 9.44.